The van der Waals surface area contributed by atoms with Gasteiger partial charge < -0.3 is 5.43 Å². The zero-order chi connectivity index (χ0) is 14.6. The normalized spacial score (nSPS) is 11.5. The van der Waals surface area contributed by atoms with Gasteiger partial charge in [-0.1, -0.05) is 11.6 Å². The third kappa shape index (κ3) is 3.90. The number of sulfonamides is 1. The molecule has 0 saturated heterocycles. The third-order valence-electron chi connectivity index (χ3n) is 2.48. The maximum absolute atomic E-state index is 12.1. The summed E-state index contributed by atoms with van der Waals surface area (Å²) in [7, 11) is -3.57. The highest BCUT2D eigenvalue weighted by atomic mass is 35.5. The Hall–Kier alpha value is -1.19. The average Bonchev–Trinajstić information content (AvgIpc) is 2.84. The number of nitrogens with one attached hydrogen (secondary N) is 2. The molecule has 0 bridgehead atoms. The fourth-order valence-electron chi connectivity index (χ4n) is 1.54. The van der Waals surface area contributed by atoms with Crippen LogP contribution in [0.15, 0.2) is 35.4 Å². The summed E-state index contributed by atoms with van der Waals surface area (Å²) in [6, 6.07) is 6.44. The number of hydrogen-bond donors (Lipinski definition) is 3. The van der Waals surface area contributed by atoms with Gasteiger partial charge in [-0.05, 0) is 24.6 Å². The fraction of sp³-hybridized carbons (Fsp3) is 0.182. The largest absolute Gasteiger partial charge is 0.308 e. The van der Waals surface area contributed by atoms with Crippen molar-refractivity contribution in [3.8, 4) is 0 Å². The number of nitrogen functional groups attached to an aromatic ring is 1. The van der Waals surface area contributed by atoms with Crippen molar-refractivity contribution in [2.45, 2.75) is 11.3 Å². The van der Waals surface area contributed by atoms with E-state index in [1.165, 1.54) is 29.7 Å². The van der Waals surface area contributed by atoms with Gasteiger partial charge in [-0.15, -0.1) is 11.3 Å². The van der Waals surface area contributed by atoms with E-state index in [0.717, 1.165) is 4.88 Å². The van der Waals surface area contributed by atoms with Crippen LogP contribution in [0, 0.1) is 0 Å². The van der Waals surface area contributed by atoms with Crippen LogP contribution in [0.1, 0.15) is 4.88 Å². The van der Waals surface area contributed by atoms with E-state index in [2.05, 4.69) is 15.1 Å². The van der Waals surface area contributed by atoms with Crippen LogP contribution in [0.5, 0.6) is 0 Å². The minimum absolute atomic E-state index is 0.115. The lowest BCUT2D eigenvalue weighted by atomic mass is 10.3. The Labute approximate surface area is 126 Å². The Kier molecular flexibility index (Phi) is 4.95. The van der Waals surface area contributed by atoms with Crippen LogP contribution in [-0.4, -0.2) is 19.9 Å². The molecule has 0 spiro atoms. The molecule has 0 aliphatic carbocycles. The minimum atomic E-state index is -3.57. The Morgan fingerprint density at radius 3 is 2.80 bits per heavy atom. The summed E-state index contributed by atoms with van der Waals surface area (Å²) in [6.45, 7) is 0.298. The first-order valence-corrected chi connectivity index (χ1v) is 8.35. The van der Waals surface area contributed by atoms with Gasteiger partial charge >= 0.3 is 0 Å². The van der Waals surface area contributed by atoms with Crippen molar-refractivity contribution in [1.29, 1.82) is 0 Å². The van der Waals surface area contributed by atoms with Gasteiger partial charge in [0.25, 0.3) is 0 Å². The quantitative estimate of drug-likeness (QED) is 0.551. The maximum atomic E-state index is 12.1. The highest BCUT2D eigenvalue weighted by Crippen LogP contribution is 2.21. The summed E-state index contributed by atoms with van der Waals surface area (Å²) in [5.41, 5.74) is 2.31. The summed E-state index contributed by atoms with van der Waals surface area (Å²) in [5.74, 6) is 5.49. The lowest BCUT2D eigenvalue weighted by molar-refractivity contribution is 0.581. The first kappa shape index (κ1) is 15.2. The number of rotatable bonds is 6. The van der Waals surface area contributed by atoms with Gasteiger partial charge in [-0.3, -0.25) is 0 Å². The number of hydrogen-bond acceptors (Lipinski definition) is 6. The molecule has 0 aliphatic heterocycles. The van der Waals surface area contributed by atoms with E-state index in [0.29, 0.717) is 17.3 Å². The molecular formula is C11H13ClN4O2S2. The predicted octanol–water partition coefficient (Wildman–Crippen LogP) is 1.60. The lowest BCUT2D eigenvalue weighted by Crippen LogP contribution is -2.26. The third-order valence-corrected chi connectivity index (χ3v) is 5.23. The monoisotopic (exact) mass is 332 g/mol. The molecule has 2 rings (SSSR count). The Balaban J connectivity index is 2.00. The molecule has 0 aliphatic rings. The summed E-state index contributed by atoms with van der Waals surface area (Å²) in [4.78, 5) is 5.00. The van der Waals surface area contributed by atoms with Gasteiger partial charge in [0.2, 0.25) is 10.0 Å². The van der Waals surface area contributed by atoms with Gasteiger partial charge in [-0.2, -0.15) is 0 Å². The standard InChI is InChI=1S/C11H13ClN4O2S2/c12-10-2-1-8(19-10)3-6-15-20(17,18)9-4-5-14-11(7-9)16-13/h1-2,4-5,7,15H,3,6,13H2,(H,14,16). The van der Waals surface area contributed by atoms with Gasteiger partial charge in [0.05, 0.1) is 9.23 Å². The number of hydrazine groups is 1. The van der Waals surface area contributed by atoms with Crippen molar-refractivity contribution in [3.63, 3.8) is 0 Å². The van der Waals surface area contributed by atoms with Gasteiger partial charge in [0, 0.05) is 23.7 Å². The second-order valence-corrected chi connectivity index (χ2v) is 7.44. The second kappa shape index (κ2) is 6.51. The van der Waals surface area contributed by atoms with Crippen LogP contribution in [0.2, 0.25) is 4.34 Å². The molecule has 2 aromatic rings. The molecule has 4 N–H and O–H groups in total. The first-order valence-electron chi connectivity index (χ1n) is 5.68. The molecule has 0 saturated carbocycles. The van der Waals surface area contributed by atoms with E-state index in [-0.39, 0.29) is 10.7 Å². The van der Waals surface area contributed by atoms with Gasteiger partial charge in [0.15, 0.2) is 0 Å². The van der Waals surface area contributed by atoms with Gasteiger partial charge in [0.1, 0.15) is 5.82 Å². The number of aromatic nitrogens is 1. The number of thiophene rings is 1. The molecule has 108 valence electrons. The van der Waals surface area contributed by atoms with Crippen molar-refractivity contribution in [2.75, 3.05) is 12.0 Å². The number of halogens is 1. The second-order valence-electron chi connectivity index (χ2n) is 3.87. The smallest absolute Gasteiger partial charge is 0.240 e. The minimum Gasteiger partial charge on any atom is -0.308 e. The van der Waals surface area contributed by atoms with Crippen LogP contribution >= 0.6 is 22.9 Å². The molecule has 0 radical (unpaired) electrons. The molecular weight excluding hydrogens is 320 g/mol. The van der Waals surface area contributed by atoms with E-state index >= 15 is 0 Å². The average molecular weight is 333 g/mol. The van der Waals surface area contributed by atoms with Gasteiger partial charge in [-0.25, -0.2) is 24.0 Å². The Morgan fingerprint density at radius 1 is 1.35 bits per heavy atom. The number of pyridine rings is 1. The van der Waals surface area contributed by atoms with Crippen LogP contribution < -0.4 is 16.0 Å². The van der Waals surface area contributed by atoms with E-state index < -0.39 is 10.0 Å². The number of anilines is 1. The van der Waals surface area contributed by atoms with Crippen molar-refractivity contribution in [1.82, 2.24) is 9.71 Å². The Bertz CT molecular complexity index is 687. The van der Waals surface area contributed by atoms with Crippen molar-refractivity contribution in [3.05, 3.63) is 39.7 Å². The van der Waals surface area contributed by atoms with E-state index in [9.17, 15) is 8.42 Å². The molecule has 0 atom stereocenters. The lowest BCUT2D eigenvalue weighted by Gasteiger charge is -2.07. The predicted molar refractivity (Wildman–Crippen MR) is 80.3 cm³/mol. The van der Waals surface area contributed by atoms with E-state index in [1.807, 2.05) is 6.07 Å². The summed E-state index contributed by atoms with van der Waals surface area (Å²) in [6.07, 6.45) is 1.96. The summed E-state index contributed by atoms with van der Waals surface area (Å²) >= 11 is 7.25. The zero-order valence-electron chi connectivity index (χ0n) is 10.3. The number of nitrogens with zero attached hydrogens (tertiary/aromatic N) is 1. The van der Waals surface area contributed by atoms with E-state index in [1.54, 1.807) is 6.07 Å². The topological polar surface area (TPSA) is 97.1 Å². The SMILES string of the molecule is NNc1cc(S(=O)(=O)NCCc2ccc(Cl)s2)ccn1. The van der Waals surface area contributed by atoms with Crippen LogP contribution in [0.4, 0.5) is 5.82 Å². The molecule has 0 unspecified atom stereocenters. The molecule has 2 aromatic heterocycles. The van der Waals surface area contributed by atoms with Crippen LogP contribution in [-0.2, 0) is 16.4 Å². The van der Waals surface area contributed by atoms with Crippen LogP contribution in [0.25, 0.3) is 0 Å². The maximum Gasteiger partial charge on any atom is 0.240 e. The van der Waals surface area contributed by atoms with E-state index in [4.69, 9.17) is 17.4 Å². The molecule has 2 heterocycles. The summed E-state index contributed by atoms with van der Waals surface area (Å²) in [5, 5.41) is 0. The fourth-order valence-corrected chi connectivity index (χ4v) is 3.67. The zero-order valence-corrected chi connectivity index (χ0v) is 12.7. The molecule has 0 amide bonds. The first-order chi connectivity index (χ1) is 9.51. The molecule has 20 heavy (non-hydrogen) atoms. The molecule has 9 heteroatoms. The molecule has 0 fully saturated rings. The Morgan fingerprint density at radius 2 is 2.15 bits per heavy atom. The van der Waals surface area contributed by atoms with Crippen molar-refractivity contribution >= 4 is 38.8 Å². The highest BCUT2D eigenvalue weighted by Gasteiger charge is 2.14. The molecule has 6 nitrogen and oxygen atoms in total. The van der Waals surface area contributed by atoms with Crippen LogP contribution in [0.3, 0.4) is 0 Å². The highest BCUT2D eigenvalue weighted by molar-refractivity contribution is 7.89. The van der Waals surface area contributed by atoms with Crippen molar-refractivity contribution in [2.24, 2.45) is 5.84 Å². The summed E-state index contributed by atoms with van der Waals surface area (Å²) < 4.78 is 27.3. The van der Waals surface area contributed by atoms with Crippen molar-refractivity contribution < 1.29 is 8.42 Å². The molecule has 0 aromatic carbocycles. The number of nitrogens with two attached hydrogens (primary N) is 1.